The Kier molecular flexibility index (Phi) is 4.21. The average Bonchev–Trinajstić information content (AvgIpc) is 3.17. The first-order valence-corrected chi connectivity index (χ1v) is 9.24. The highest BCUT2D eigenvalue weighted by molar-refractivity contribution is 7.20. The normalized spacial score (nSPS) is 12.2. The molecule has 26 heavy (non-hydrogen) atoms. The summed E-state index contributed by atoms with van der Waals surface area (Å²) in [6.07, 6.45) is 1.57. The van der Waals surface area contributed by atoms with Gasteiger partial charge in [-0.05, 0) is 18.2 Å². The maximum absolute atomic E-state index is 14.2. The van der Waals surface area contributed by atoms with E-state index in [1.54, 1.807) is 6.08 Å². The van der Waals surface area contributed by atoms with Crippen molar-refractivity contribution < 1.29 is 13.6 Å². The zero-order chi connectivity index (χ0) is 18.3. The second kappa shape index (κ2) is 6.54. The molecule has 4 aromatic rings. The molecule has 4 rings (SSSR count). The molecule has 0 saturated carbocycles. The summed E-state index contributed by atoms with van der Waals surface area (Å²) in [4.78, 5) is 21.2. The fourth-order valence-corrected chi connectivity index (χ4v) is 4.54. The van der Waals surface area contributed by atoms with Crippen LogP contribution in [-0.2, 0) is 6.54 Å². The molecule has 0 aliphatic heterocycles. The topological polar surface area (TPSA) is 47.2 Å². The molecule has 0 unspecified atom stereocenters. The number of aromatic nitrogens is 2. The van der Waals surface area contributed by atoms with Crippen molar-refractivity contribution in [1.82, 2.24) is 9.55 Å². The van der Waals surface area contributed by atoms with Crippen LogP contribution in [0, 0.1) is 11.6 Å². The SMILES string of the molecule is C=CCn1c(=NC(=O)c2nc3ccccc3s2)sc2cc(F)cc(F)c21. The molecule has 4 nitrogen and oxygen atoms in total. The summed E-state index contributed by atoms with van der Waals surface area (Å²) in [5.74, 6) is -1.89. The summed E-state index contributed by atoms with van der Waals surface area (Å²) in [6, 6.07) is 9.44. The first-order chi connectivity index (χ1) is 12.6. The smallest absolute Gasteiger partial charge is 0.308 e. The molecular weight excluding hydrogens is 376 g/mol. The number of hydrogen-bond donors (Lipinski definition) is 0. The molecule has 1 amide bonds. The monoisotopic (exact) mass is 387 g/mol. The predicted molar refractivity (Wildman–Crippen MR) is 99.4 cm³/mol. The molecule has 0 bridgehead atoms. The Bertz CT molecular complexity index is 1200. The van der Waals surface area contributed by atoms with Gasteiger partial charge in [-0.1, -0.05) is 29.5 Å². The molecule has 0 N–H and O–H groups in total. The minimum atomic E-state index is -0.702. The van der Waals surface area contributed by atoms with Crippen LogP contribution in [0.15, 0.2) is 54.0 Å². The summed E-state index contributed by atoms with van der Waals surface area (Å²) in [7, 11) is 0. The van der Waals surface area contributed by atoms with E-state index in [-0.39, 0.29) is 21.9 Å². The quantitative estimate of drug-likeness (QED) is 0.485. The molecule has 0 saturated heterocycles. The highest BCUT2D eigenvalue weighted by Gasteiger charge is 2.15. The molecule has 2 aromatic carbocycles. The van der Waals surface area contributed by atoms with E-state index < -0.39 is 17.5 Å². The first kappa shape index (κ1) is 16.7. The summed E-state index contributed by atoms with van der Waals surface area (Å²) in [5, 5.41) is 0.250. The van der Waals surface area contributed by atoms with Crippen molar-refractivity contribution in [3.63, 3.8) is 0 Å². The molecular formula is C18H11F2N3OS2. The number of benzene rings is 2. The lowest BCUT2D eigenvalue weighted by molar-refractivity contribution is 0.0997. The number of amides is 1. The van der Waals surface area contributed by atoms with Crippen LogP contribution in [0.2, 0.25) is 0 Å². The van der Waals surface area contributed by atoms with Crippen LogP contribution < -0.4 is 4.80 Å². The van der Waals surface area contributed by atoms with Crippen molar-refractivity contribution in [2.45, 2.75) is 6.54 Å². The van der Waals surface area contributed by atoms with E-state index in [9.17, 15) is 13.6 Å². The van der Waals surface area contributed by atoms with Gasteiger partial charge in [0.25, 0.3) is 0 Å². The Morgan fingerprint density at radius 2 is 2.04 bits per heavy atom. The van der Waals surface area contributed by atoms with E-state index in [1.807, 2.05) is 24.3 Å². The number of allylic oxidation sites excluding steroid dienone is 1. The number of para-hydroxylation sites is 1. The summed E-state index contributed by atoms with van der Waals surface area (Å²) >= 11 is 2.29. The van der Waals surface area contributed by atoms with Crippen molar-refractivity contribution in [2.75, 3.05) is 0 Å². The van der Waals surface area contributed by atoms with E-state index in [0.29, 0.717) is 4.70 Å². The van der Waals surface area contributed by atoms with Gasteiger partial charge in [0.1, 0.15) is 5.82 Å². The van der Waals surface area contributed by atoms with Crippen molar-refractivity contribution in [3.05, 3.63) is 70.5 Å². The van der Waals surface area contributed by atoms with Crippen molar-refractivity contribution in [2.24, 2.45) is 4.99 Å². The van der Waals surface area contributed by atoms with Crippen LogP contribution in [-0.4, -0.2) is 15.5 Å². The molecule has 130 valence electrons. The molecule has 0 aliphatic carbocycles. The Morgan fingerprint density at radius 1 is 1.23 bits per heavy atom. The molecule has 0 radical (unpaired) electrons. The third-order valence-corrected chi connectivity index (χ3v) is 5.73. The Morgan fingerprint density at radius 3 is 2.81 bits per heavy atom. The Labute approximate surface area is 154 Å². The number of carbonyl (C=O) groups is 1. The third kappa shape index (κ3) is 2.87. The Balaban J connectivity index is 1.89. The number of hydrogen-bond acceptors (Lipinski definition) is 4. The van der Waals surface area contributed by atoms with Crippen LogP contribution in [0.3, 0.4) is 0 Å². The van der Waals surface area contributed by atoms with Gasteiger partial charge in [-0.2, -0.15) is 4.99 Å². The fourth-order valence-electron chi connectivity index (χ4n) is 2.61. The number of nitrogens with zero attached hydrogens (tertiary/aromatic N) is 3. The number of rotatable bonds is 3. The molecule has 8 heteroatoms. The van der Waals surface area contributed by atoms with E-state index in [4.69, 9.17) is 0 Å². The van der Waals surface area contributed by atoms with Gasteiger partial charge >= 0.3 is 5.91 Å². The Hall–Kier alpha value is -2.71. The van der Waals surface area contributed by atoms with E-state index in [1.165, 1.54) is 22.0 Å². The van der Waals surface area contributed by atoms with E-state index in [2.05, 4.69) is 16.6 Å². The average molecular weight is 387 g/mol. The van der Waals surface area contributed by atoms with Crippen molar-refractivity contribution in [1.29, 1.82) is 0 Å². The number of thiazole rings is 2. The lowest BCUT2D eigenvalue weighted by atomic mass is 10.3. The fraction of sp³-hybridized carbons (Fsp3) is 0.0556. The summed E-state index contributed by atoms with van der Waals surface area (Å²) in [5.41, 5.74) is 0.923. The van der Waals surface area contributed by atoms with Crippen LogP contribution in [0.1, 0.15) is 9.80 Å². The van der Waals surface area contributed by atoms with Crippen molar-refractivity contribution >= 4 is 49.0 Å². The molecule has 0 aliphatic rings. The predicted octanol–water partition coefficient (Wildman–Crippen LogP) is 4.52. The summed E-state index contributed by atoms with van der Waals surface area (Å²) < 4.78 is 30.5. The number of fused-ring (bicyclic) bond motifs is 2. The minimum absolute atomic E-state index is 0.201. The van der Waals surface area contributed by atoms with Gasteiger partial charge in [-0.25, -0.2) is 13.8 Å². The zero-order valence-electron chi connectivity index (χ0n) is 13.3. The van der Waals surface area contributed by atoms with E-state index in [0.717, 1.165) is 27.6 Å². The minimum Gasteiger partial charge on any atom is -0.310 e. The third-order valence-electron chi connectivity index (χ3n) is 3.68. The maximum Gasteiger partial charge on any atom is 0.308 e. The van der Waals surface area contributed by atoms with Gasteiger partial charge in [0.15, 0.2) is 15.6 Å². The van der Waals surface area contributed by atoms with Crippen LogP contribution in [0.5, 0.6) is 0 Å². The van der Waals surface area contributed by atoms with Gasteiger partial charge < -0.3 is 4.57 Å². The van der Waals surface area contributed by atoms with Gasteiger partial charge in [-0.15, -0.1) is 17.9 Å². The number of carbonyl (C=O) groups excluding carboxylic acids is 1. The second-order valence-corrected chi connectivity index (χ2v) is 7.46. The van der Waals surface area contributed by atoms with Gasteiger partial charge in [0, 0.05) is 12.6 Å². The van der Waals surface area contributed by atoms with Crippen LogP contribution in [0.25, 0.3) is 20.4 Å². The van der Waals surface area contributed by atoms with Gasteiger partial charge in [-0.3, -0.25) is 4.79 Å². The molecule has 0 spiro atoms. The molecule has 2 aromatic heterocycles. The number of halogens is 2. The summed E-state index contributed by atoms with van der Waals surface area (Å²) in [6.45, 7) is 3.89. The molecule has 2 heterocycles. The lowest BCUT2D eigenvalue weighted by Gasteiger charge is -2.01. The van der Waals surface area contributed by atoms with E-state index >= 15 is 0 Å². The lowest BCUT2D eigenvalue weighted by Crippen LogP contribution is -2.16. The van der Waals surface area contributed by atoms with Crippen LogP contribution in [0.4, 0.5) is 8.78 Å². The van der Waals surface area contributed by atoms with Gasteiger partial charge in [0.05, 0.1) is 20.4 Å². The first-order valence-electron chi connectivity index (χ1n) is 7.61. The maximum atomic E-state index is 14.2. The zero-order valence-corrected chi connectivity index (χ0v) is 14.9. The van der Waals surface area contributed by atoms with Crippen LogP contribution >= 0.6 is 22.7 Å². The highest BCUT2D eigenvalue weighted by Crippen LogP contribution is 2.24. The highest BCUT2D eigenvalue weighted by atomic mass is 32.1. The second-order valence-electron chi connectivity index (χ2n) is 5.42. The van der Waals surface area contributed by atoms with Crippen molar-refractivity contribution in [3.8, 4) is 0 Å². The largest absolute Gasteiger partial charge is 0.310 e. The molecule has 0 atom stereocenters. The standard InChI is InChI=1S/C18H11F2N3OS2/c1-2-7-23-15-11(20)8-10(19)9-14(15)26-18(23)22-16(24)17-21-12-5-3-4-6-13(12)25-17/h2-6,8-9H,1,7H2. The van der Waals surface area contributed by atoms with Gasteiger partial charge in [0.2, 0.25) is 0 Å². The molecule has 0 fully saturated rings.